The van der Waals surface area contributed by atoms with Crippen molar-refractivity contribution in [3.8, 4) is 0 Å². The summed E-state index contributed by atoms with van der Waals surface area (Å²) in [5.74, 6) is 0.346. The molecule has 1 aliphatic heterocycles. The van der Waals surface area contributed by atoms with Gasteiger partial charge in [-0.3, -0.25) is 0 Å². The Kier molecular flexibility index (Phi) is 3.55. The fraction of sp³-hybridized carbons (Fsp3) is 0.846. The highest BCUT2D eigenvalue weighted by Crippen LogP contribution is 2.38. The van der Waals surface area contributed by atoms with Gasteiger partial charge in [0, 0.05) is 5.41 Å². The summed E-state index contributed by atoms with van der Waals surface area (Å²) < 4.78 is 11.0. The van der Waals surface area contributed by atoms with Crippen LogP contribution in [-0.4, -0.2) is 30.6 Å². The smallest absolute Gasteiger partial charge is 0.332 e. The Morgan fingerprint density at radius 1 is 1.41 bits per heavy atom. The molecule has 2 atom stereocenters. The number of hydrogen-bond donors (Lipinski definition) is 0. The number of carbonyl (C=O) groups excluding carboxylic acids is 1. The van der Waals surface area contributed by atoms with E-state index in [0.717, 1.165) is 0 Å². The van der Waals surface area contributed by atoms with Crippen molar-refractivity contribution in [1.29, 1.82) is 0 Å². The second-order valence-corrected chi connectivity index (χ2v) is 6.03. The molecule has 0 unspecified atom stereocenters. The summed E-state index contributed by atoms with van der Waals surface area (Å²) in [6.45, 7) is 11.8. The van der Waals surface area contributed by atoms with E-state index in [1.807, 2.05) is 41.5 Å². The van der Waals surface area contributed by atoms with E-state index in [1.165, 1.54) is 0 Å². The number of carbonyl (C=O) groups is 1. The van der Waals surface area contributed by atoms with Crippen molar-refractivity contribution in [2.24, 2.45) is 16.3 Å². The Morgan fingerprint density at radius 3 is 2.29 bits per heavy atom. The molecule has 4 nitrogen and oxygen atoms in total. The average Bonchev–Trinajstić information content (AvgIpc) is 2.15. The second kappa shape index (κ2) is 4.31. The molecular formula is C13H23NO3. The van der Waals surface area contributed by atoms with E-state index in [2.05, 4.69) is 4.99 Å². The van der Waals surface area contributed by atoms with Crippen LogP contribution in [0.3, 0.4) is 0 Å². The SMILES string of the molecule is COC1=N[C@@H](C(C)C)C(=O)O[C@@]1(C)C(C)(C)C. The molecule has 17 heavy (non-hydrogen) atoms. The number of esters is 1. The molecule has 0 aromatic carbocycles. The van der Waals surface area contributed by atoms with E-state index in [4.69, 9.17) is 9.47 Å². The third kappa shape index (κ3) is 2.31. The first-order valence-corrected chi connectivity index (χ1v) is 5.98. The lowest BCUT2D eigenvalue weighted by Gasteiger charge is -2.44. The quantitative estimate of drug-likeness (QED) is 0.662. The Labute approximate surface area is 103 Å². The zero-order valence-corrected chi connectivity index (χ0v) is 11.8. The van der Waals surface area contributed by atoms with E-state index < -0.39 is 11.6 Å². The summed E-state index contributed by atoms with van der Waals surface area (Å²) in [7, 11) is 1.57. The van der Waals surface area contributed by atoms with Crippen LogP contribution in [0.4, 0.5) is 0 Å². The highest BCUT2D eigenvalue weighted by molar-refractivity contribution is 5.94. The minimum Gasteiger partial charge on any atom is -0.481 e. The zero-order valence-electron chi connectivity index (χ0n) is 11.8. The number of cyclic esters (lactones) is 1. The van der Waals surface area contributed by atoms with Gasteiger partial charge in [-0.2, -0.15) is 0 Å². The average molecular weight is 241 g/mol. The van der Waals surface area contributed by atoms with Crippen molar-refractivity contribution < 1.29 is 14.3 Å². The highest BCUT2D eigenvalue weighted by Gasteiger charge is 2.51. The molecule has 0 radical (unpaired) electrons. The molecule has 0 spiro atoms. The number of rotatable bonds is 1. The first-order chi connectivity index (χ1) is 7.63. The normalized spacial score (nSPS) is 30.0. The molecule has 1 heterocycles. The van der Waals surface area contributed by atoms with Crippen molar-refractivity contribution in [3.05, 3.63) is 0 Å². The van der Waals surface area contributed by atoms with Gasteiger partial charge in [0.05, 0.1) is 7.11 Å². The molecule has 0 aromatic heterocycles. The first kappa shape index (κ1) is 14.0. The van der Waals surface area contributed by atoms with Crippen LogP contribution < -0.4 is 0 Å². The summed E-state index contributed by atoms with van der Waals surface area (Å²) >= 11 is 0. The van der Waals surface area contributed by atoms with Gasteiger partial charge in [-0.25, -0.2) is 9.79 Å². The van der Waals surface area contributed by atoms with E-state index >= 15 is 0 Å². The van der Waals surface area contributed by atoms with Crippen LogP contribution in [0.25, 0.3) is 0 Å². The summed E-state index contributed by atoms with van der Waals surface area (Å²) in [5, 5.41) is 0. The Balaban J connectivity index is 3.22. The molecule has 0 amide bonds. The summed E-state index contributed by atoms with van der Waals surface area (Å²) in [6, 6.07) is -0.458. The molecule has 0 fully saturated rings. The first-order valence-electron chi connectivity index (χ1n) is 5.98. The van der Waals surface area contributed by atoms with Crippen LogP contribution in [-0.2, 0) is 14.3 Å². The standard InChI is InChI=1S/C13H23NO3/c1-8(2)9-10(15)17-13(6,12(3,4)5)11(14-9)16-7/h8-9H,1-7H3/t9-,13+/m0/s1. The van der Waals surface area contributed by atoms with Crippen LogP contribution in [0.15, 0.2) is 4.99 Å². The van der Waals surface area contributed by atoms with Crippen LogP contribution in [0.5, 0.6) is 0 Å². The van der Waals surface area contributed by atoms with Crippen LogP contribution >= 0.6 is 0 Å². The van der Waals surface area contributed by atoms with Gasteiger partial charge in [0.25, 0.3) is 0 Å². The van der Waals surface area contributed by atoms with Crippen LogP contribution in [0.2, 0.25) is 0 Å². The van der Waals surface area contributed by atoms with Gasteiger partial charge in [-0.05, 0) is 12.8 Å². The van der Waals surface area contributed by atoms with Gasteiger partial charge in [0.2, 0.25) is 5.90 Å². The number of methoxy groups -OCH3 is 1. The maximum atomic E-state index is 12.0. The van der Waals surface area contributed by atoms with Gasteiger partial charge in [0.15, 0.2) is 11.6 Å². The predicted molar refractivity (Wildman–Crippen MR) is 67.0 cm³/mol. The third-order valence-corrected chi connectivity index (χ3v) is 3.47. The van der Waals surface area contributed by atoms with Crippen molar-refractivity contribution >= 4 is 11.9 Å². The molecule has 0 bridgehead atoms. The lowest BCUT2D eigenvalue weighted by Crippen LogP contribution is -2.56. The van der Waals surface area contributed by atoms with Gasteiger partial charge in [0.1, 0.15) is 0 Å². The van der Waals surface area contributed by atoms with E-state index in [9.17, 15) is 4.79 Å². The third-order valence-electron chi connectivity index (χ3n) is 3.47. The largest absolute Gasteiger partial charge is 0.481 e. The molecule has 0 saturated carbocycles. The van der Waals surface area contributed by atoms with Crippen molar-refractivity contribution in [1.82, 2.24) is 0 Å². The Bertz CT molecular complexity index is 341. The van der Waals surface area contributed by atoms with Gasteiger partial charge >= 0.3 is 5.97 Å². The molecule has 98 valence electrons. The minimum atomic E-state index is -0.801. The fourth-order valence-electron chi connectivity index (χ4n) is 1.75. The summed E-state index contributed by atoms with van der Waals surface area (Å²) in [5.41, 5.74) is -1.07. The second-order valence-electron chi connectivity index (χ2n) is 6.03. The number of ether oxygens (including phenoxy) is 2. The minimum absolute atomic E-state index is 0.108. The molecular weight excluding hydrogens is 218 g/mol. The number of nitrogens with zero attached hydrogens (tertiary/aromatic N) is 1. The van der Waals surface area contributed by atoms with Crippen molar-refractivity contribution in [2.75, 3.05) is 7.11 Å². The molecule has 0 aromatic rings. The zero-order chi connectivity index (χ0) is 13.4. The van der Waals surface area contributed by atoms with Crippen molar-refractivity contribution in [2.45, 2.75) is 53.2 Å². The summed E-state index contributed by atoms with van der Waals surface area (Å²) in [4.78, 5) is 16.4. The Hall–Kier alpha value is -1.06. The van der Waals surface area contributed by atoms with Gasteiger partial charge in [-0.1, -0.05) is 34.6 Å². The lowest BCUT2D eigenvalue weighted by atomic mass is 9.76. The fourth-order valence-corrected chi connectivity index (χ4v) is 1.75. The van der Waals surface area contributed by atoms with Crippen LogP contribution in [0, 0.1) is 11.3 Å². The maximum absolute atomic E-state index is 12.0. The molecule has 0 aliphatic carbocycles. The van der Waals surface area contributed by atoms with Gasteiger partial charge in [-0.15, -0.1) is 0 Å². The number of aliphatic imine (C=N–C) groups is 1. The highest BCUT2D eigenvalue weighted by atomic mass is 16.6. The monoisotopic (exact) mass is 241 g/mol. The van der Waals surface area contributed by atoms with E-state index in [1.54, 1.807) is 7.11 Å². The Morgan fingerprint density at radius 2 is 1.94 bits per heavy atom. The maximum Gasteiger partial charge on any atom is 0.332 e. The van der Waals surface area contributed by atoms with Crippen molar-refractivity contribution in [3.63, 3.8) is 0 Å². The van der Waals surface area contributed by atoms with E-state index in [-0.39, 0.29) is 17.3 Å². The molecule has 1 aliphatic rings. The molecule has 0 saturated heterocycles. The van der Waals surface area contributed by atoms with Crippen LogP contribution in [0.1, 0.15) is 41.5 Å². The lowest BCUT2D eigenvalue weighted by molar-refractivity contribution is -0.167. The van der Waals surface area contributed by atoms with E-state index in [0.29, 0.717) is 5.90 Å². The summed E-state index contributed by atoms with van der Waals surface area (Å²) in [6.07, 6.45) is 0. The number of hydrogen-bond acceptors (Lipinski definition) is 4. The van der Waals surface area contributed by atoms with Gasteiger partial charge < -0.3 is 9.47 Å². The molecule has 1 rings (SSSR count). The molecule has 4 heteroatoms. The predicted octanol–water partition coefficient (Wildman–Crippen LogP) is 2.42. The molecule has 0 N–H and O–H groups in total. The topological polar surface area (TPSA) is 47.9 Å².